The number of amides is 1. The summed E-state index contributed by atoms with van der Waals surface area (Å²) in [5.41, 5.74) is 0.913. The Morgan fingerprint density at radius 1 is 1.38 bits per heavy atom. The Bertz CT molecular complexity index is 951. The van der Waals surface area contributed by atoms with Crippen molar-refractivity contribution in [3.8, 4) is 11.8 Å². The molecule has 2 atom stereocenters. The van der Waals surface area contributed by atoms with Gasteiger partial charge in [-0.2, -0.15) is 0 Å². The third-order valence-corrected chi connectivity index (χ3v) is 4.55. The second kappa shape index (κ2) is 8.11. The van der Waals surface area contributed by atoms with E-state index in [-0.39, 0.29) is 24.3 Å². The van der Waals surface area contributed by atoms with Gasteiger partial charge in [-0.1, -0.05) is 18.4 Å². The summed E-state index contributed by atoms with van der Waals surface area (Å²) in [6, 6.07) is 2.19. The van der Waals surface area contributed by atoms with E-state index in [9.17, 15) is 22.4 Å². The molecule has 4 nitrogen and oxygen atoms in total. The normalized spacial score (nSPS) is 23.8. The lowest BCUT2D eigenvalue weighted by Crippen LogP contribution is -2.34. The Kier molecular flexibility index (Phi) is 5.78. The summed E-state index contributed by atoms with van der Waals surface area (Å²) in [4.78, 5) is 15.7. The van der Waals surface area contributed by atoms with Crippen molar-refractivity contribution in [1.29, 1.82) is 0 Å². The molecule has 1 heterocycles. The number of ether oxygens (including phenoxy) is 1. The van der Waals surface area contributed by atoms with Crippen molar-refractivity contribution in [3.05, 3.63) is 59.3 Å². The van der Waals surface area contributed by atoms with Gasteiger partial charge < -0.3 is 10.1 Å². The number of nitrogens with one attached hydrogen (secondary N) is 1. The highest BCUT2D eigenvalue weighted by atomic mass is 19.3. The van der Waals surface area contributed by atoms with Crippen LogP contribution in [0.3, 0.4) is 0 Å². The van der Waals surface area contributed by atoms with Crippen molar-refractivity contribution < 1.29 is 27.1 Å². The van der Waals surface area contributed by atoms with E-state index >= 15 is 0 Å². The third-order valence-electron chi connectivity index (χ3n) is 4.55. The third kappa shape index (κ3) is 5.05. The van der Waals surface area contributed by atoms with Gasteiger partial charge >= 0.3 is 6.09 Å². The molecule has 0 bridgehead atoms. The Morgan fingerprint density at radius 3 is 2.76 bits per heavy atom. The standard InChI is InChI=1S/C21H18F4N2O2/c1-12(3-4-14-8-21(24,25)9-14)10-26-11-13(2)18-19(29-20(28)27-18)16-6-5-15(22)7-17(16)23/h5-7,10-11,14,18-19H,2,8-9H2,1H3,(H,27,28)/b12-10+,26-11-/t18-,19-/m1/s1. The number of aliphatic imine (C=N–C) groups is 1. The van der Waals surface area contributed by atoms with Crippen molar-refractivity contribution in [2.75, 3.05) is 0 Å². The molecule has 8 heteroatoms. The van der Waals surface area contributed by atoms with E-state index < -0.39 is 35.8 Å². The zero-order valence-electron chi connectivity index (χ0n) is 15.5. The molecule has 2 fully saturated rings. The van der Waals surface area contributed by atoms with Crippen LogP contribution in [0.2, 0.25) is 0 Å². The molecule has 0 aromatic heterocycles. The molecule has 1 aliphatic heterocycles. The molecule has 1 amide bonds. The van der Waals surface area contributed by atoms with Crippen LogP contribution in [0.15, 0.2) is 47.1 Å². The lowest BCUT2D eigenvalue weighted by molar-refractivity contribution is -0.0936. The molecule has 0 radical (unpaired) electrons. The highest BCUT2D eigenvalue weighted by Gasteiger charge is 2.44. The molecule has 1 aromatic rings. The first-order valence-electron chi connectivity index (χ1n) is 8.85. The fourth-order valence-electron chi connectivity index (χ4n) is 3.02. The van der Waals surface area contributed by atoms with Crippen molar-refractivity contribution >= 4 is 12.3 Å². The van der Waals surface area contributed by atoms with E-state index in [1.807, 2.05) is 0 Å². The lowest BCUT2D eigenvalue weighted by Gasteiger charge is -2.31. The fourth-order valence-corrected chi connectivity index (χ4v) is 3.02. The quantitative estimate of drug-likeness (QED) is 0.448. The van der Waals surface area contributed by atoms with Gasteiger partial charge in [0.2, 0.25) is 0 Å². The maximum atomic E-state index is 14.1. The first-order valence-corrected chi connectivity index (χ1v) is 8.85. The van der Waals surface area contributed by atoms with Gasteiger partial charge in [0.1, 0.15) is 11.6 Å². The van der Waals surface area contributed by atoms with E-state index in [2.05, 4.69) is 28.7 Å². The maximum absolute atomic E-state index is 14.1. The summed E-state index contributed by atoms with van der Waals surface area (Å²) in [5.74, 6) is 1.04. The summed E-state index contributed by atoms with van der Waals surface area (Å²) >= 11 is 0. The van der Waals surface area contributed by atoms with E-state index in [1.165, 1.54) is 18.5 Å². The van der Waals surface area contributed by atoms with Gasteiger partial charge in [-0.05, 0) is 24.6 Å². The average Bonchev–Trinajstić information content (AvgIpc) is 2.99. The van der Waals surface area contributed by atoms with E-state index in [1.54, 1.807) is 6.92 Å². The van der Waals surface area contributed by atoms with Crippen molar-refractivity contribution in [2.24, 2.45) is 10.9 Å². The van der Waals surface area contributed by atoms with Crippen LogP contribution in [0.1, 0.15) is 31.4 Å². The first-order chi connectivity index (χ1) is 13.6. The number of hydrogen-bond acceptors (Lipinski definition) is 3. The van der Waals surface area contributed by atoms with Gasteiger partial charge in [0, 0.05) is 48.4 Å². The van der Waals surface area contributed by atoms with E-state index in [0.29, 0.717) is 17.2 Å². The number of halogens is 4. The Hall–Kier alpha value is -3.08. The SMILES string of the molecule is C=C(/C=N\C=C(/C)C#CC1CC(F)(F)C1)[C@H]1NC(=O)O[C@@H]1c1ccc(F)cc1F. The first kappa shape index (κ1) is 20.6. The summed E-state index contributed by atoms with van der Waals surface area (Å²) < 4.78 is 57.8. The smallest absolute Gasteiger partial charge is 0.408 e. The predicted octanol–water partition coefficient (Wildman–Crippen LogP) is 4.69. The van der Waals surface area contributed by atoms with Crippen LogP contribution < -0.4 is 5.32 Å². The Labute approximate surface area is 165 Å². The molecule has 2 aliphatic rings. The molecule has 152 valence electrons. The van der Waals surface area contributed by atoms with Crippen LogP contribution in [-0.2, 0) is 4.74 Å². The molecule has 29 heavy (non-hydrogen) atoms. The van der Waals surface area contributed by atoms with Gasteiger partial charge in [0.25, 0.3) is 5.92 Å². The second-order valence-electron chi connectivity index (χ2n) is 7.01. The Balaban J connectivity index is 1.65. The summed E-state index contributed by atoms with van der Waals surface area (Å²) in [6.07, 6.45) is 0.559. The molecule has 1 saturated heterocycles. The highest BCUT2D eigenvalue weighted by molar-refractivity contribution is 5.83. The van der Waals surface area contributed by atoms with Crippen LogP contribution >= 0.6 is 0 Å². The number of alkyl carbamates (subject to hydrolysis) is 1. The molecule has 1 N–H and O–H groups in total. The van der Waals surface area contributed by atoms with Crippen LogP contribution in [0, 0.1) is 29.4 Å². The average molecular weight is 406 g/mol. The summed E-state index contributed by atoms with van der Waals surface area (Å²) in [7, 11) is 0. The van der Waals surface area contributed by atoms with Gasteiger partial charge in [0.05, 0.1) is 6.04 Å². The number of hydrogen-bond donors (Lipinski definition) is 1. The lowest BCUT2D eigenvalue weighted by atomic mass is 9.82. The minimum atomic E-state index is -2.61. The maximum Gasteiger partial charge on any atom is 0.408 e. The topological polar surface area (TPSA) is 50.7 Å². The minimum absolute atomic E-state index is 0.0131. The van der Waals surface area contributed by atoms with Gasteiger partial charge in [0.15, 0.2) is 6.10 Å². The van der Waals surface area contributed by atoms with Crippen LogP contribution in [0.4, 0.5) is 22.4 Å². The zero-order valence-corrected chi connectivity index (χ0v) is 15.5. The minimum Gasteiger partial charge on any atom is -0.439 e. The summed E-state index contributed by atoms with van der Waals surface area (Å²) in [5, 5.41) is 2.51. The molecule has 1 aliphatic carbocycles. The van der Waals surface area contributed by atoms with Crippen LogP contribution in [0.5, 0.6) is 0 Å². The largest absolute Gasteiger partial charge is 0.439 e. The van der Waals surface area contributed by atoms with Gasteiger partial charge in [-0.15, -0.1) is 0 Å². The van der Waals surface area contributed by atoms with Crippen molar-refractivity contribution in [2.45, 2.75) is 37.8 Å². The Morgan fingerprint density at radius 2 is 2.10 bits per heavy atom. The second-order valence-corrected chi connectivity index (χ2v) is 7.01. The van der Waals surface area contributed by atoms with Crippen molar-refractivity contribution in [1.82, 2.24) is 5.32 Å². The van der Waals surface area contributed by atoms with E-state index in [0.717, 1.165) is 6.07 Å². The molecular weight excluding hydrogens is 388 g/mol. The predicted molar refractivity (Wildman–Crippen MR) is 99.3 cm³/mol. The monoisotopic (exact) mass is 406 g/mol. The molecule has 0 spiro atoms. The van der Waals surface area contributed by atoms with Crippen molar-refractivity contribution in [3.63, 3.8) is 0 Å². The van der Waals surface area contributed by atoms with Gasteiger partial charge in [-0.25, -0.2) is 22.4 Å². The molecular formula is C21H18F4N2O2. The number of alkyl halides is 2. The molecule has 1 saturated carbocycles. The fraction of sp³-hybridized carbons (Fsp3) is 0.333. The summed E-state index contributed by atoms with van der Waals surface area (Å²) in [6.45, 7) is 5.50. The number of rotatable bonds is 4. The van der Waals surface area contributed by atoms with E-state index in [4.69, 9.17) is 4.74 Å². The number of carbonyl (C=O) groups is 1. The van der Waals surface area contributed by atoms with Crippen LogP contribution in [-0.4, -0.2) is 24.3 Å². The zero-order chi connectivity index (χ0) is 21.2. The molecule has 0 unspecified atom stereocenters. The van der Waals surface area contributed by atoms with Gasteiger partial charge in [-0.3, -0.25) is 4.99 Å². The number of cyclic esters (lactones) is 1. The highest BCUT2D eigenvalue weighted by Crippen LogP contribution is 2.41. The number of allylic oxidation sites excluding steroid dienone is 1. The molecule has 1 aromatic carbocycles. The number of nitrogens with zero attached hydrogens (tertiary/aromatic N) is 1. The molecule has 3 rings (SSSR count). The number of carbonyl (C=O) groups excluding carboxylic acids is 1. The number of benzene rings is 1. The van der Waals surface area contributed by atoms with Crippen LogP contribution in [0.25, 0.3) is 0 Å².